The fourth-order valence-corrected chi connectivity index (χ4v) is 1.90. The van der Waals surface area contributed by atoms with Gasteiger partial charge in [0.2, 0.25) is 0 Å². The van der Waals surface area contributed by atoms with Crippen molar-refractivity contribution in [2.45, 2.75) is 32.5 Å². The van der Waals surface area contributed by atoms with Crippen LogP contribution in [0, 0.1) is 5.92 Å². The van der Waals surface area contributed by atoms with Crippen LogP contribution in [-0.2, 0) is 11.2 Å². The SMILES string of the molecule is CC1OC1[C@@H](C)Cc1ccccc1. The Balaban J connectivity index is 1.91. The molecule has 1 aliphatic rings. The molecule has 0 bridgehead atoms. The summed E-state index contributed by atoms with van der Waals surface area (Å²) in [5, 5.41) is 0. The Hall–Kier alpha value is -0.820. The van der Waals surface area contributed by atoms with Crippen LogP contribution in [0.2, 0.25) is 0 Å². The van der Waals surface area contributed by atoms with Crippen molar-refractivity contribution < 1.29 is 4.74 Å². The van der Waals surface area contributed by atoms with Crippen molar-refractivity contribution >= 4 is 0 Å². The van der Waals surface area contributed by atoms with Crippen LogP contribution in [0.4, 0.5) is 0 Å². The van der Waals surface area contributed by atoms with E-state index in [1.165, 1.54) is 5.56 Å². The van der Waals surface area contributed by atoms with E-state index in [0.29, 0.717) is 18.1 Å². The molecule has 0 radical (unpaired) electrons. The highest BCUT2D eigenvalue weighted by Gasteiger charge is 2.38. The zero-order valence-electron chi connectivity index (χ0n) is 8.23. The van der Waals surface area contributed by atoms with Crippen molar-refractivity contribution in [2.24, 2.45) is 5.92 Å². The summed E-state index contributed by atoms with van der Waals surface area (Å²) < 4.78 is 5.45. The highest BCUT2D eigenvalue weighted by molar-refractivity contribution is 5.15. The molecule has 3 atom stereocenters. The van der Waals surface area contributed by atoms with E-state index in [4.69, 9.17) is 4.74 Å². The molecule has 0 N–H and O–H groups in total. The van der Waals surface area contributed by atoms with Crippen molar-refractivity contribution in [3.05, 3.63) is 35.9 Å². The zero-order valence-corrected chi connectivity index (χ0v) is 8.23. The molecule has 1 aliphatic heterocycles. The first-order valence-electron chi connectivity index (χ1n) is 4.97. The van der Waals surface area contributed by atoms with Crippen molar-refractivity contribution in [1.82, 2.24) is 0 Å². The summed E-state index contributed by atoms with van der Waals surface area (Å²) in [5.74, 6) is 0.650. The maximum Gasteiger partial charge on any atom is 0.0867 e. The van der Waals surface area contributed by atoms with Crippen molar-refractivity contribution in [1.29, 1.82) is 0 Å². The molecule has 1 nitrogen and oxygen atoms in total. The van der Waals surface area contributed by atoms with Gasteiger partial charge in [-0.15, -0.1) is 0 Å². The molecular weight excluding hydrogens is 160 g/mol. The molecular formula is C12H16O. The fraction of sp³-hybridized carbons (Fsp3) is 0.500. The van der Waals surface area contributed by atoms with E-state index in [-0.39, 0.29) is 0 Å². The zero-order chi connectivity index (χ0) is 9.26. The molecule has 1 saturated heterocycles. The van der Waals surface area contributed by atoms with E-state index in [1.807, 2.05) is 0 Å². The van der Waals surface area contributed by atoms with E-state index in [0.717, 1.165) is 6.42 Å². The quantitative estimate of drug-likeness (QED) is 0.645. The standard InChI is InChI=1S/C12H16O/c1-9(12-10(2)13-12)8-11-6-4-3-5-7-11/h3-7,9-10,12H,8H2,1-2H3/t9-,10?,12?/m0/s1. The molecule has 0 amide bonds. The maximum atomic E-state index is 5.45. The number of hydrogen-bond donors (Lipinski definition) is 0. The van der Waals surface area contributed by atoms with Gasteiger partial charge in [0.05, 0.1) is 12.2 Å². The van der Waals surface area contributed by atoms with Gasteiger partial charge in [-0.1, -0.05) is 37.3 Å². The van der Waals surface area contributed by atoms with Crippen LogP contribution in [0.5, 0.6) is 0 Å². The Morgan fingerprint density at radius 1 is 1.31 bits per heavy atom. The number of benzene rings is 1. The Labute approximate surface area is 79.7 Å². The van der Waals surface area contributed by atoms with Gasteiger partial charge in [-0.2, -0.15) is 0 Å². The predicted molar refractivity (Wildman–Crippen MR) is 53.6 cm³/mol. The summed E-state index contributed by atoms with van der Waals surface area (Å²) in [6.07, 6.45) is 2.12. The van der Waals surface area contributed by atoms with Gasteiger partial charge in [-0.25, -0.2) is 0 Å². The minimum absolute atomic E-state index is 0.485. The third-order valence-electron chi connectivity index (χ3n) is 2.72. The van der Waals surface area contributed by atoms with Crippen molar-refractivity contribution in [3.8, 4) is 0 Å². The van der Waals surface area contributed by atoms with Crippen LogP contribution in [0.1, 0.15) is 19.4 Å². The number of hydrogen-bond acceptors (Lipinski definition) is 1. The lowest BCUT2D eigenvalue weighted by atomic mass is 9.97. The highest BCUT2D eigenvalue weighted by atomic mass is 16.6. The Kier molecular flexibility index (Phi) is 2.36. The topological polar surface area (TPSA) is 12.5 Å². The molecule has 0 aliphatic carbocycles. The number of rotatable bonds is 3. The van der Waals surface area contributed by atoms with Crippen LogP contribution < -0.4 is 0 Å². The smallest absolute Gasteiger partial charge is 0.0867 e. The van der Waals surface area contributed by atoms with Crippen LogP contribution in [0.3, 0.4) is 0 Å². The average molecular weight is 176 g/mol. The van der Waals surface area contributed by atoms with Crippen LogP contribution >= 0.6 is 0 Å². The number of ether oxygens (including phenoxy) is 1. The lowest BCUT2D eigenvalue weighted by Gasteiger charge is -2.07. The molecule has 1 heterocycles. The molecule has 1 aromatic rings. The third-order valence-corrected chi connectivity index (χ3v) is 2.72. The van der Waals surface area contributed by atoms with Gasteiger partial charge < -0.3 is 4.74 Å². The lowest BCUT2D eigenvalue weighted by molar-refractivity contribution is 0.328. The van der Waals surface area contributed by atoms with Gasteiger partial charge in [-0.05, 0) is 24.8 Å². The third kappa shape index (κ3) is 2.10. The molecule has 13 heavy (non-hydrogen) atoms. The van der Waals surface area contributed by atoms with Gasteiger partial charge in [0.15, 0.2) is 0 Å². The van der Waals surface area contributed by atoms with Crippen LogP contribution in [0.15, 0.2) is 30.3 Å². The molecule has 0 saturated carbocycles. The summed E-state index contributed by atoms with van der Waals surface area (Å²) in [4.78, 5) is 0. The molecule has 0 spiro atoms. The minimum atomic E-state index is 0.485. The van der Waals surface area contributed by atoms with Gasteiger partial charge >= 0.3 is 0 Å². The summed E-state index contributed by atoms with van der Waals surface area (Å²) in [6.45, 7) is 4.41. The van der Waals surface area contributed by atoms with Gasteiger partial charge in [0, 0.05) is 0 Å². The van der Waals surface area contributed by atoms with Gasteiger partial charge in [0.25, 0.3) is 0 Å². The Bertz CT molecular complexity index is 268. The molecule has 2 rings (SSSR count). The fourth-order valence-electron chi connectivity index (χ4n) is 1.90. The monoisotopic (exact) mass is 176 g/mol. The second kappa shape index (κ2) is 3.51. The van der Waals surface area contributed by atoms with Crippen LogP contribution in [-0.4, -0.2) is 12.2 Å². The van der Waals surface area contributed by atoms with Crippen molar-refractivity contribution in [2.75, 3.05) is 0 Å². The van der Waals surface area contributed by atoms with E-state index < -0.39 is 0 Å². The first-order chi connectivity index (χ1) is 6.27. The molecule has 2 unspecified atom stereocenters. The summed E-state index contributed by atoms with van der Waals surface area (Å²) in [5.41, 5.74) is 1.41. The molecule has 0 aromatic heterocycles. The van der Waals surface area contributed by atoms with Gasteiger partial charge in [-0.3, -0.25) is 0 Å². The van der Waals surface area contributed by atoms with E-state index >= 15 is 0 Å². The van der Waals surface area contributed by atoms with Crippen LogP contribution in [0.25, 0.3) is 0 Å². The first kappa shape index (κ1) is 8.76. The largest absolute Gasteiger partial charge is 0.370 e. The second-order valence-corrected chi connectivity index (χ2v) is 3.97. The Morgan fingerprint density at radius 2 is 1.92 bits per heavy atom. The van der Waals surface area contributed by atoms with E-state index in [2.05, 4.69) is 44.2 Å². The molecule has 70 valence electrons. The second-order valence-electron chi connectivity index (χ2n) is 3.97. The first-order valence-corrected chi connectivity index (χ1v) is 4.97. The lowest BCUT2D eigenvalue weighted by Crippen LogP contribution is -2.08. The maximum absolute atomic E-state index is 5.45. The highest BCUT2D eigenvalue weighted by Crippen LogP contribution is 2.30. The van der Waals surface area contributed by atoms with E-state index in [1.54, 1.807) is 0 Å². The predicted octanol–water partition coefficient (Wildman–Crippen LogP) is 2.65. The Morgan fingerprint density at radius 3 is 2.46 bits per heavy atom. The van der Waals surface area contributed by atoms with Gasteiger partial charge in [0.1, 0.15) is 0 Å². The normalized spacial score (nSPS) is 28.5. The molecule has 1 fully saturated rings. The molecule has 1 heteroatoms. The van der Waals surface area contributed by atoms with E-state index in [9.17, 15) is 0 Å². The summed E-state index contributed by atoms with van der Waals surface area (Å²) in [7, 11) is 0. The average Bonchev–Trinajstić information content (AvgIpc) is 2.84. The number of epoxide rings is 1. The molecule has 1 aromatic carbocycles. The minimum Gasteiger partial charge on any atom is -0.370 e. The summed E-state index contributed by atoms with van der Waals surface area (Å²) >= 11 is 0. The summed E-state index contributed by atoms with van der Waals surface area (Å²) in [6, 6.07) is 10.6. The van der Waals surface area contributed by atoms with Crippen molar-refractivity contribution in [3.63, 3.8) is 0 Å².